The van der Waals surface area contributed by atoms with E-state index in [0.29, 0.717) is 11.1 Å². The number of hydrogen-bond acceptors (Lipinski definition) is 4. The molecule has 3 rings (SSSR count). The molecule has 23 heavy (non-hydrogen) atoms. The van der Waals surface area contributed by atoms with Gasteiger partial charge in [0, 0.05) is 6.42 Å². The zero-order valence-electron chi connectivity index (χ0n) is 13.3. The molecule has 118 valence electrons. The molecule has 5 nitrogen and oxygen atoms in total. The van der Waals surface area contributed by atoms with Crippen LogP contribution in [0.2, 0.25) is 0 Å². The molecule has 0 spiro atoms. The highest BCUT2D eigenvalue weighted by Crippen LogP contribution is 2.30. The summed E-state index contributed by atoms with van der Waals surface area (Å²) in [6.45, 7) is 6.20. The van der Waals surface area contributed by atoms with Gasteiger partial charge < -0.3 is 0 Å². The van der Waals surface area contributed by atoms with Crippen molar-refractivity contribution < 1.29 is 4.79 Å². The molecule has 2 heterocycles. The minimum absolute atomic E-state index is 0.0921. The largest absolute Gasteiger partial charge is 0.283 e. The van der Waals surface area contributed by atoms with Gasteiger partial charge in [-0.2, -0.15) is 15.1 Å². The number of hydrogen-bond donors (Lipinski definition) is 1. The van der Waals surface area contributed by atoms with Gasteiger partial charge in [0.05, 0.1) is 5.57 Å². The predicted octanol–water partition coefficient (Wildman–Crippen LogP) is 3.66. The van der Waals surface area contributed by atoms with Gasteiger partial charge >= 0.3 is 0 Å². The number of aryl methyl sites for hydroxylation is 1. The Kier molecular flexibility index (Phi) is 4.17. The molecule has 0 atom stereocenters. The summed E-state index contributed by atoms with van der Waals surface area (Å²) >= 11 is 1.38. The molecule has 0 fully saturated rings. The number of benzene rings is 1. The highest BCUT2D eigenvalue weighted by atomic mass is 32.2. The lowest BCUT2D eigenvalue weighted by atomic mass is 10.0. The number of nitrogens with one attached hydrogen (secondary N) is 1. The number of aliphatic imine (C=N–C) groups is 1. The molecule has 0 saturated carbocycles. The summed E-state index contributed by atoms with van der Waals surface area (Å²) in [5.41, 5.74) is 2.24. The first-order valence-electron chi connectivity index (χ1n) is 7.50. The number of amides is 1. The second-order valence-corrected chi connectivity index (χ2v) is 7.01. The van der Waals surface area contributed by atoms with Crippen molar-refractivity contribution in [3.05, 3.63) is 41.0 Å². The maximum absolute atomic E-state index is 12.3. The van der Waals surface area contributed by atoms with E-state index in [9.17, 15) is 4.79 Å². The molecular formula is C17H18N4OS. The molecular weight excluding hydrogens is 308 g/mol. The summed E-state index contributed by atoms with van der Waals surface area (Å²) in [4.78, 5) is 16.4. The van der Waals surface area contributed by atoms with E-state index in [1.165, 1.54) is 16.8 Å². The Bertz CT molecular complexity index is 777. The Morgan fingerprint density at radius 2 is 2.09 bits per heavy atom. The maximum atomic E-state index is 12.3. The van der Waals surface area contributed by atoms with Gasteiger partial charge in [-0.25, -0.2) is 0 Å². The fourth-order valence-electron chi connectivity index (χ4n) is 2.37. The van der Waals surface area contributed by atoms with Crippen LogP contribution >= 0.6 is 11.8 Å². The quantitative estimate of drug-likeness (QED) is 0.862. The van der Waals surface area contributed by atoms with Crippen molar-refractivity contribution >= 4 is 39.8 Å². The monoisotopic (exact) mass is 326 g/mol. The van der Waals surface area contributed by atoms with E-state index in [4.69, 9.17) is 5.41 Å². The second kappa shape index (κ2) is 6.12. The number of nitrogens with zero attached hydrogens (tertiary/aromatic N) is 3. The molecule has 6 heteroatoms. The van der Waals surface area contributed by atoms with Crippen LogP contribution < -0.4 is 0 Å². The SMILES string of the molecule is Cc1ccccc1/C=C1/C(=N)N2N=C(CC(C)C)SC2=NC1=O. The Labute approximate surface area is 139 Å². The molecule has 1 N–H and O–H groups in total. The lowest BCUT2D eigenvalue weighted by molar-refractivity contribution is -0.114. The van der Waals surface area contributed by atoms with E-state index in [2.05, 4.69) is 23.9 Å². The fraction of sp³-hybridized carbons (Fsp3) is 0.294. The number of thioether (sulfide) groups is 1. The first kappa shape index (κ1) is 15.7. The van der Waals surface area contributed by atoms with Gasteiger partial charge in [-0.05, 0) is 41.8 Å². The average Bonchev–Trinajstić information content (AvgIpc) is 2.87. The van der Waals surface area contributed by atoms with E-state index in [0.717, 1.165) is 22.6 Å². The van der Waals surface area contributed by atoms with Crippen LogP contribution in [0, 0.1) is 18.3 Å². The van der Waals surface area contributed by atoms with E-state index in [1.807, 2.05) is 31.2 Å². The standard InChI is InChI=1S/C17H18N4OS/c1-10(2)8-14-20-21-15(18)13(16(22)19-17(21)23-14)9-12-7-5-4-6-11(12)3/h4-7,9-10,18H,8H2,1-3H3/b13-9-,18-15?. The van der Waals surface area contributed by atoms with E-state index in [1.54, 1.807) is 6.08 Å². The summed E-state index contributed by atoms with van der Waals surface area (Å²) in [5, 5.41) is 15.6. The number of carbonyl (C=O) groups excluding carboxylic acids is 1. The van der Waals surface area contributed by atoms with Crippen LogP contribution in [0.3, 0.4) is 0 Å². The predicted molar refractivity (Wildman–Crippen MR) is 95.6 cm³/mol. The highest BCUT2D eigenvalue weighted by Gasteiger charge is 2.35. The van der Waals surface area contributed by atoms with Crippen molar-refractivity contribution in [1.82, 2.24) is 5.01 Å². The van der Waals surface area contributed by atoms with Crippen LogP contribution in [-0.4, -0.2) is 27.0 Å². The molecule has 2 aliphatic heterocycles. The smallest absolute Gasteiger partial charge is 0.282 e. The molecule has 1 aromatic carbocycles. The van der Waals surface area contributed by atoms with Crippen molar-refractivity contribution in [2.45, 2.75) is 27.2 Å². The van der Waals surface area contributed by atoms with Crippen LogP contribution in [0.1, 0.15) is 31.4 Å². The molecule has 2 aliphatic rings. The Balaban J connectivity index is 1.95. The number of hydrazone groups is 1. The molecule has 0 aromatic heterocycles. The van der Waals surface area contributed by atoms with Crippen LogP contribution in [-0.2, 0) is 4.79 Å². The van der Waals surface area contributed by atoms with Crippen LogP contribution in [0.15, 0.2) is 39.9 Å². The third kappa shape index (κ3) is 3.12. The second-order valence-electron chi connectivity index (χ2n) is 5.97. The molecule has 0 saturated heterocycles. The summed E-state index contributed by atoms with van der Waals surface area (Å²) in [5.74, 6) is 0.183. The molecule has 1 amide bonds. The topological polar surface area (TPSA) is 68.9 Å². The number of rotatable bonds is 3. The molecule has 1 aromatic rings. The normalized spacial score (nSPS) is 19.3. The van der Waals surface area contributed by atoms with Gasteiger partial charge in [-0.1, -0.05) is 38.1 Å². The zero-order chi connectivity index (χ0) is 16.6. The van der Waals surface area contributed by atoms with Crippen LogP contribution in [0.4, 0.5) is 0 Å². The van der Waals surface area contributed by atoms with Crippen LogP contribution in [0.25, 0.3) is 6.08 Å². The number of amidine groups is 2. The average molecular weight is 326 g/mol. The van der Waals surface area contributed by atoms with Gasteiger partial charge in [0.1, 0.15) is 5.04 Å². The maximum Gasteiger partial charge on any atom is 0.283 e. The number of fused-ring (bicyclic) bond motifs is 1. The van der Waals surface area contributed by atoms with Gasteiger partial charge in [0.15, 0.2) is 5.84 Å². The molecule has 0 unspecified atom stereocenters. The van der Waals surface area contributed by atoms with Crippen molar-refractivity contribution in [1.29, 1.82) is 5.41 Å². The van der Waals surface area contributed by atoms with Crippen molar-refractivity contribution in [2.75, 3.05) is 0 Å². The minimum atomic E-state index is -0.377. The van der Waals surface area contributed by atoms with Gasteiger partial charge in [-0.3, -0.25) is 10.2 Å². The summed E-state index contributed by atoms with van der Waals surface area (Å²) < 4.78 is 0. The summed E-state index contributed by atoms with van der Waals surface area (Å²) in [6.07, 6.45) is 2.54. The fourth-order valence-corrected chi connectivity index (χ4v) is 3.46. The Morgan fingerprint density at radius 1 is 1.35 bits per heavy atom. The Hall–Kier alpha value is -2.21. The first-order valence-corrected chi connectivity index (χ1v) is 8.32. The number of carbonyl (C=O) groups is 1. The van der Waals surface area contributed by atoms with Crippen molar-refractivity contribution in [3.63, 3.8) is 0 Å². The third-order valence-electron chi connectivity index (χ3n) is 3.57. The summed E-state index contributed by atoms with van der Waals surface area (Å²) in [7, 11) is 0. The van der Waals surface area contributed by atoms with E-state index < -0.39 is 0 Å². The van der Waals surface area contributed by atoms with E-state index >= 15 is 0 Å². The van der Waals surface area contributed by atoms with Gasteiger partial charge in [0.2, 0.25) is 5.17 Å². The third-order valence-corrected chi connectivity index (χ3v) is 4.50. The minimum Gasteiger partial charge on any atom is -0.282 e. The van der Waals surface area contributed by atoms with Crippen molar-refractivity contribution in [2.24, 2.45) is 16.0 Å². The Morgan fingerprint density at radius 3 is 2.78 bits per heavy atom. The molecule has 0 radical (unpaired) electrons. The zero-order valence-corrected chi connectivity index (χ0v) is 14.1. The highest BCUT2D eigenvalue weighted by molar-refractivity contribution is 8.26. The van der Waals surface area contributed by atoms with Crippen molar-refractivity contribution in [3.8, 4) is 0 Å². The van der Waals surface area contributed by atoms with Crippen LogP contribution in [0.5, 0.6) is 0 Å². The molecule has 0 bridgehead atoms. The lowest BCUT2D eigenvalue weighted by Crippen LogP contribution is -2.35. The van der Waals surface area contributed by atoms with Gasteiger partial charge in [0.25, 0.3) is 5.91 Å². The summed E-state index contributed by atoms with van der Waals surface area (Å²) in [6, 6.07) is 7.76. The van der Waals surface area contributed by atoms with Gasteiger partial charge in [-0.15, -0.1) is 0 Å². The first-order chi connectivity index (χ1) is 11.0. The van der Waals surface area contributed by atoms with E-state index in [-0.39, 0.29) is 17.3 Å². The lowest BCUT2D eigenvalue weighted by Gasteiger charge is -2.20. The molecule has 0 aliphatic carbocycles.